The number of nitrogens with zero attached hydrogens (tertiary/aromatic N) is 2. The zero-order valence-electron chi connectivity index (χ0n) is 21.6. The Kier molecular flexibility index (Phi) is 7.42. The first kappa shape index (κ1) is 27.4. The average Bonchev–Trinajstić information content (AvgIpc) is 3.37. The van der Waals surface area contributed by atoms with E-state index < -0.39 is 28.1 Å². The number of nitrogen functional groups attached to an aromatic ring is 1. The summed E-state index contributed by atoms with van der Waals surface area (Å²) in [6.45, 7) is 0. The number of carbonyl (C=O) groups excluding carboxylic acids is 1. The number of amides is 2. The van der Waals surface area contributed by atoms with Gasteiger partial charge in [0.15, 0.2) is 0 Å². The number of nitrogens with two attached hydrogens (primary N) is 2. The van der Waals surface area contributed by atoms with Gasteiger partial charge < -0.3 is 21.6 Å². The van der Waals surface area contributed by atoms with Gasteiger partial charge in [-0.15, -0.1) is 0 Å². The monoisotopic (exact) mass is 570 g/mol. The summed E-state index contributed by atoms with van der Waals surface area (Å²) < 4.78 is 28.8. The summed E-state index contributed by atoms with van der Waals surface area (Å²) >= 11 is 0. The van der Waals surface area contributed by atoms with Crippen LogP contribution in [0.1, 0.15) is 5.56 Å². The van der Waals surface area contributed by atoms with E-state index in [2.05, 4.69) is 14.7 Å². The number of imidazole rings is 1. The van der Waals surface area contributed by atoms with E-state index in [0.717, 1.165) is 5.52 Å². The average molecular weight is 571 g/mol. The van der Waals surface area contributed by atoms with Gasteiger partial charge in [-0.1, -0.05) is 48.5 Å². The molecule has 1 aromatic heterocycles. The van der Waals surface area contributed by atoms with E-state index in [1.165, 1.54) is 17.0 Å². The molecule has 0 radical (unpaired) electrons. The van der Waals surface area contributed by atoms with E-state index in [-0.39, 0.29) is 17.3 Å². The molecule has 41 heavy (non-hydrogen) atoms. The molecule has 12 heteroatoms. The van der Waals surface area contributed by atoms with Crippen molar-refractivity contribution in [3.63, 3.8) is 0 Å². The number of para-hydroxylation sites is 2. The second-order valence-electron chi connectivity index (χ2n) is 9.29. The van der Waals surface area contributed by atoms with Crippen molar-refractivity contribution < 1.29 is 23.1 Å². The lowest BCUT2D eigenvalue weighted by atomic mass is 10.0. The quantitative estimate of drug-likeness (QED) is 0.166. The molecule has 1 atom stereocenters. The largest absolute Gasteiger partial charge is 0.480 e. The molecule has 5 rings (SSSR count). The number of carboxylic acid groups (broad SMARTS) is 1. The number of nitrogens with one attached hydrogen (secondary N) is 2. The highest BCUT2D eigenvalue weighted by atomic mass is 32.2. The van der Waals surface area contributed by atoms with E-state index in [4.69, 9.17) is 11.5 Å². The third-order valence-electron chi connectivity index (χ3n) is 6.41. The minimum Gasteiger partial charge on any atom is -0.480 e. The Morgan fingerprint density at radius 3 is 2.29 bits per heavy atom. The summed E-state index contributed by atoms with van der Waals surface area (Å²) in [5, 5.41) is 9.70. The summed E-state index contributed by atoms with van der Waals surface area (Å²) in [5.74, 6) is -1.08. The van der Waals surface area contributed by atoms with Crippen LogP contribution in [0.25, 0.3) is 22.2 Å². The summed E-state index contributed by atoms with van der Waals surface area (Å²) in [4.78, 5) is 33.0. The standard InChI is InChI=1S/C29H26N6O5S/c30-21-13-11-18(12-14-21)15-26(27(36)37)34-41(39,40)23-8-4-6-20(17-23)19-5-3-7-22(16-19)35(28(31)38)29-32-24-9-1-2-10-25(24)33-29/h1-14,16-17,26,34H,15,30H2,(H2,31,38)(H,32,33)(H,36,37). The Balaban J connectivity index is 1.43. The molecule has 0 aliphatic heterocycles. The van der Waals surface area contributed by atoms with Gasteiger partial charge in [-0.2, -0.15) is 4.72 Å². The van der Waals surface area contributed by atoms with E-state index in [9.17, 15) is 23.1 Å². The minimum absolute atomic E-state index is 0.0681. The van der Waals surface area contributed by atoms with Crippen LogP contribution in [0.2, 0.25) is 0 Å². The lowest BCUT2D eigenvalue weighted by Crippen LogP contribution is -2.42. The number of primary amides is 1. The Hall–Kier alpha value is -5.20. The van der Waals surface area contributed by atoms with Gasteiger partial charge in [-0.25, -0.2) is 23.1 Å². The molecule has 5 aromatic rings. The maximum absolute atomic E-state index is 13.2. The van der Waals surface area contributed by atoms with Gasteiger partial charge in [-0.3, -0.25) is 4.79 Å². The Bertz CT molecular complexity index is 1820. The summed E-state index contributed by atoms with van der Waals surface area (Å²) in [5.41, 5.74) is 15.4. The van der Waals surface area contributed by atoms with Crippen LogP contribution in [0, 0.1) is 0 Å². The van der Waals surface area contributed by atoms with Crippen molar-refractivity contribution in [2.45, 2.75) is 17.4 Å². The number of aromatic amines is 1. The zero-order valence-corrected chi connectivity index (χ0v) is 22.4. The summed E-state index contributed by atoms with van der Waals surface area (Å²) in [7, 11) is -4.22. The molecule has 7 N–H and O–H groups in total. The summed E-state index contributed by atoms with van der Waals surface area (Å²) in [6, 6.07) is 24.5. The van der Waals surface area contributed by atoms with Crippen molar-refractivity contribution >= 4 is 50.4 Å². The van der Waals surface area contributed by atoms with Gasteiger partial charge in [0.2, 0.25) is 16.0 Å². The number of urea groups is 1. The lowest BCUT2D eigenvalue weighted by molar-refractivity contribution is -0.138. The fourth-order valence-electron chi connectivity index (χ4n) is 4.39. The second kappa shape index (κ2) is 11.1. The number of H-pyrrole nitrogens is 1. The first-order valence-corrected chi connectivity index (χ1v) is 13.9. The first-order valence-electron chi connectivity index (χ1n) is 12.4. The van der Waals surface area contributed by atoms with Crippen molar-refractivity contribution in [3.05, 3.63) is 103 Å². The summed E-state index contributed by atoms with van der Waals surface area (Å²) in [6.07, 6.45) is -0.0681. The fourth-order valence-corrected chi connectivity index (χ4v) is 5.63. The lowest BCUT2D eigenvalue weighted by Gasteiger charge is -2.18. The second-order valence-corrected chi connectivity index (χ2v) is 11.0. The first-order chi connectivity index (χ1) is 19.6. The van der Waals surface area contributed by atoms with E-state index in [0.29, 0.717) is 33.6 Å². The highest BCUT2D eigenvalue weighted by Gasteiger charge is 2.26. The molecule has 0 fully saturated rings. The highest BCUT2D eigenvalue weighted by Crippen LogP contribution is 2.30. The fraction of sp³-hybridized carbons (Fsp3) is 0.0690. The van der Waals surface area contributed by atoms with E-state index in [1.807, 2.05) is 18.2 Å². The SMILES string of the molecule is NC(=O)N(c1cccc(-c2cccc(S(=O)(=O)NC(Cc3ccc(N)cc3)C(=O)O)c2)c1)c1nc2ccccc2[nH]1. The predicted molar refractivity (Wildman–Crippen MR) is 156 cm³/mol. The number of carboxylic acids is 1. The molecular weight excluding hydrogens is 544 g/mol. The molecule has 1 unspecified atom stereocenters. The van der Waals surface area contributed by atoms with Crippen LogP contribution < -0.4 is 21.1 Å². The Morgan fingerprint density at radius 2 is 1.61 bits per heavy atom. The highest BCUT2D eigenvalue weighted by molar-refractivity contribution is 7.89. The van der Waals surface area contributed by atoms with Crippen molar-refractivity contribution in [1.82, 2.24) is 14.7 Å². The van der Waals surface area contributed by atoms with Crippen LogP contribution in [0.3, 0.4) is 0 Å². The van der Waals surface area contributed by atoms with Gasteiger partial charge >= 0.3 is 12.0 Å². The van der Waals surface area contributed by atoms with Gasteiger partial charge in [0.1, 0.15) is 6.04 Å². The molecule has 208 valence electrons. The number of sulfonamides is 1. The predicted octanol–water partition coefficient (Wildman–Crippen LogP) is 4.00. The Morgan fingerprint density at radius 1 is 0.927 bits per heavy atom. The molecule has 0 aliphatic rings. The van der Waals surface area contributed by atoms with Gasteiger partial charge in [0.05, 0.1) is 21.6 Å². The van der Waals surface area contributed by atoms with Gasteiger partial charge in [-0.05, 0) is 71.6 Å². The van der Waals surface area contributed by atoms with E-state index in [1.54, 1.807) is 66.7 Å². The molecule has 2 amide bonds. The maximum atomic E-state index is 13.2. The minimum atomic E-state index is -4.22. The number of fused-ring (bicyclic) bond motifs is 1. The third-order valence-corrected chi connectivity index (χ3v) is 7.88. The number of carbonyl (C=O) groups is 2. The maximum Gasteiger partial charge on any atom is 0.326 e. The zero-order chi connectivity index (χ0) is 29.1. The van der Waals surface area contributed by atoms with Crippen LogP contribution in [-0.4, -0.2) is 41.5 Å². The van der Waals surface area contributed by atoms with Crippen molar-refractivity contribution in [2.24, 2.45) is 5.73 Å². The molecule has 0 bridgehead atoms. The number of rotatable bonds is 9. The molecule has 11 nitrogen and oxygen atoms in total. The van der Waals surface area contributed by atoms with Crippen molar-refractivity contribution in [1.29, 1.82) is 0 Å². The van der Waals surface area contributed by atoms with Gasteiger partial charge in [0.25, 0.3) is 0 Å². The molecule has 4 aromatic carbocycles. The van der Waals surface area contributed by atoms with Crippen LogP contribution in [-0.2, 0) is 21.2 Å². The van der Waals surface area contributed by atoms with Crippen LogP contribution in [0.5, 0.6) is 0 Å². The number of aromatic nitrogens is 2. The molecular formula is C29H26N6O5S. The topological polar surface area (TPSA) is 184 Å². The Labute approximate surface area is 235 Å². The van der Waals surface area contributed by atoms with Crippen molar-refractivity contribution in [2.75, 3.05) is 10.6 Å². The third kappa shape index (κ3) is 6.03. The molecule has 0 saturated heterocycles. The number of hydrogen-bond donors (Lipinski definition) is 5. The van der Waals surface area contributed by atoms with E-state index >= 15 is 0 Å². The number of aliphatic carboxylic acids is 1. The molecule has 0 aliphatic carbocycles. The molecule has 0 spiro atoms. The number of anilines is 3. The van der Waals surface area contributed by atoms with Crippen LogP contribution >= 0.6 is 0 Å². The smallest absolute Gasteiger partial charge is 0.326 e. The number of hydrogen-bond acceptors (Lipinski definition) is 6. The molecule has 0 saturated carbocycles. The van der Waals surface area contributed by atoms with Crippen molar-refractivity contribution in [3.8, 4) is 11.1 Å². The van der Waals surface area contributed by atoms with Crippen LogP contribution in [0.4, 0.5) is 22.1 Å². The van der Waals surface area contributed by atoms with Crippen LogP contribution in [0.15, 0.2) is 102 Å². The normalized spacial score (nSPS) is 12.2. The molecule has 1 heterocycles. The van der Waals surface area contributed by atoms with Gasteiger partial charge in [0, 0.05) is 5.69 Å². The number of benzene rings is 4.